The quantitative estimate of drug-likeness (QED) is 0.839. The topological polar surface area (TPSA) is 93.5 Å². The number of aromatic nitrogens is 2. The van der Waals surface area contributed by atoms with E-state index in [1.807, 2.05) is 0 Å². The first-order chi connectivity index (χ1) is 10.9. The molecular formula is C13H10ClF2N3O4. The van der Waals surface area contributed by atoms with E-state index in [-0.39, 0.29) is 28.7 Å². The van der Waals surface area contributed by atoms with Gasteiger partial charge in [-0.1, -0.05) is 11.6 Å². The van der Waals surface area contributed by atoms with Gasteiger partial charge in [-0.15, -0.1) is 0 Å². The van der Waals surface area contributed by atoms with E-state index in [1.165, 1.54) is 30.5 Å². The van der Waals surface area contributed by atoms with E-state index in [9.17, 15) is 18.4 Å². The SMILES string of the molecule is O=C(Cn1nccc1C(=O)O)Nc1ccc(OC(F)F)c(Cl)c1. The van der Waals surface area contributed by atoms with Crippen LogP contribution in [0.5, 0.6) is 5.75 Å². The fourth-order valence-electron chi connectivity index (χ4n) is 1.75. The van der Waals surface area contributed by atoms with Crippen LogP contribution in [0.15, 0.2) is 30.5 Å². The molecule has 0 fully saturated rings. The zero-order valence-electron chi connectivity index (χ0n) is 11.4. The van der Waals surface area contributed by atoms with Crippen LogP contribution in [0.3, 0.4) is 0 Å². The number of rotatable bonds is 6. The van der Waals surface area contributed by atoms with Crippen molar-refractivity contribution in [3.05, 3.63) is 41.2 Å². The third-order valence-corrected chi connectivity index (χ3v) is 2.96. The number of hydrogen-bond donors (Lipinski definition) is 2. The molecule has 0 unspecified atom stereocenters. The zero-order chi connectivity index (χ0) is 17.0. The van der Waals surface area contributed by atoms with Crippen molar-refractivity contribution in [1.82, 2.24) is 9.78 Å². The van der Waals surface area contributed by atoms with E-state index >= 15 is 0 Å². The van der Waals surface area contributed by atoms with Gasteiger partial charge in [0.05, 0.1) is 5.02 Å². The lowest BCUT2D eigenvalue weighted by molar-refractivity contribution is -0.116. The Hall–Kier alpha value is -2.68. The summed E-state index contributed by atoms with van der Waals surface area (Å²) in [6.45, 7) is -3.34. The molecule has 0 saturated heterocycles. The molecule has 0 aliphatic heterocycles. The molecule has 2 rings (SSSR count). The third-order valence-electron chi connectivity index (χ3n) is 2.66. The van der Waals surface area contributed by atoms with Gasteiger partial charge in [0, 0.05) is 11.9 Å². The molecule has 1 aromatic carbocycles. The fraction of sp³-hybridized carbons (Fsp3) is 0.154. The summed E-state index contributed by atoms with van der Waals surface area (Å²) in [6, 6.07) is 4.99. The second-order valence-electron chi connectivity index (χ2n) is 4.25. The number of amides is 1. The van der Waals surface area contributed by atoms with E-state index in [0.717, 1.165) is 4.68 Å². The molecule has 2 N–H and O–H groups in total. The molecule has 0 spiro atoms. The van der Waals surface area contributed by atoms with Crippen molar-refractivity contribution in [2.24, 2.45) is 0 Å². The predicted molar refractivity (Wildman–Crippen MR) is 75.9 cm³/mol. The summed E-state index contributed by atoms with van der Waals surface area (Å²) in [4.78, 5) is 22.8. The maximum Gasteiger partial charge on any atom is 0.387 e. The van der Waals surface area contributed by atoms with Crippen LogP contribution in [0.4, 0.5) is 14.5 Å². The number of carbonyl (C=O) groups is 2. The number of nitrogens with one attached hydrogen (secondary N) is 1. The molecule has 0 bridgehead atoms. The molecular weight excluding hydrogens is 336 g/mol. The number of carbonyl (C=O) groups excluding carboxylic acids is 1. The Bertz CT molecular complexity index is 736. The number of carboxylic acids is 1. The predicted octanol–water partition coefficient (Wildman–Crippen LogP) is 2.47. The van der Waals surface area contributed by atoms with Gasteiger partial charge in [0.15, 0.2) is 0 Å². The minimum absolute atomic E-state index is 0.103. The standard InChI is InChI=1S/C13H10ClF2N3O4/c14-8-5-7(1-2-10(8)23-13(15)16)18-11(20)6-19-9(12(21)22)3-4-17-19/h1-5,13H,6H2,(H,18,20)(H,21,22). The lowest BCUT2D eigenvalue weighted by Crippen LogP contribution is -2.22. The monoisotopic (exact) mass is 345 g/mol. The Morgan fingerprint density at radius 2 is 2.13 bits per heavy atom. The van der Waals surface area contributed by atoms with Crippen molar-refractivity contribution in [2.45, 2.75) is 13.2 Å². The average Bonchev–Trinajstić information content (AvgIpc) is 2.89. The van der Waals surface area contributed by atoms with Crippen LogP contribution < -0.4 is 10.1 Å². The summed E-state index contributed by atoms with van der Waals surface area (Å²) < 4.78 is 29.4. The second-order valence-corrected chi connectivity index (χ2v) is 4.66. The van der Waals surface area contributed by atoms with E-state index in [0.29, 0.717) is 0 Å². The highest BCUT2D eigenvalue weighted by Crippen LogP contribution is 2.28. The summed E-state index contributed by atoms with van der Waals surface area (Å²) in [6.07, 6.45) is 1.25. The highest BCUT2D eigenvalue weighted by atomic mass is 35.5. The molecule has 1 amide bonds. The average molecular weight is 346 g/mol. The Balaban J connectivity index is 2.04. The molecule has 122 valence electrons. The summed E-state index contributed by atoms with van der Waals surface area (Å²) in [5.41, 5.74) is 0.101. The maximum absolute atomic E-state index is 12.1. The Kier molecular flexibility index (Phi) is 5.12. The molecule has 23 heavy (non-hydrogen) atoms. The second kappa shape index (κ2) is 7.05. The number of aromatic carboxylic acids is 1. The molecule has 7 nitrogen and oxygen atoms in total. The normalized spacial score (nSPS) is 10.6. The molecule has 0 atom stereocenters. The minimum atomic E-state index is -3.01. The summed E-state index contributed by atoms with van der Waals surface area (Å²) in [5.74, 6) is -2.00. The van der Waals surface area contributed by atoms with Crippen LogP contribution in [-0.4, -0.2) is 33.4 Å². The van der Waals surface area contributed by atoms with E-state index in [2.05, 4.69) is 15.2 Å². The van der Waals surface area contributed by atoms with Crippen molar-refractivity contribution >= 4 is 29.2 Å². The number of alkyl halides is 2. The van der Waals surface area contributed by atoms with Gasteiger partial charge in [-0.2, -0.15) is 13.9 Å². The molecule has 0 aliphatic rings. The zero-order valence-corrected chi connectivity index (χ0v) is 12.1. The minimum Gasteiger partial charge on any atom is -0.477 e. The number of ether oxygens (including phenoxy) is 1. The van der Waals surface area contributed by atoms with Crippen molar-refractivity contribution < 1.29 is 28.2 Å². The molecule has 1 heterocycles. The summed E-state index contributed by atoms with van der Waals surface area (Å²) in [5, 5.41) is 15.0. The summed E-state index contributed by atoms with van der Waals surface area (Å²) in [7, 11) is 0. The van der Waals surface area contributed by atoms with Crippen molar-refractivity contribution in [2.75, 3.05) is 5.32 Å². The van der Waals surface area contributed by atoms with Crippen molar-refractivity contribution in [3.8, 4) is 5.75 Å². The molecule has 1 aromatic heterocycles. The summed E-state index contributed by atoms with van der Waals surface area (Å²) >= 11 is 5.76. The lowest BCUT2D eigenvalue weighted by atomic mass is 10.3. The smallest absolute Gasteiger partial charge is 0.387 e. The number of nitrogens with zero attached hydrogens (tertiary/aromatic N) is 2. The highest BCUT2D eigenvalue weighted by molar-refractivity contribution is 6.32. The van der Waals surface area contributed by atoms with Crippen LogP contribution in [0.25, 0.3) is 0 Å². The molecule has 0 aliphatic carbocycles. The third kappa shape index (κ3) is 4.39. The number of benzene rings is 1. The Labute approximate surface area is 133 Å². The largest absolute Gasteiger partial charge is 0.477 e. The number of carboxylic acid groups (broad SMARTS) is 1. The van der Waals surface area contributed by atoms with E-state index < -0.39 is 18.5 Å². The number of hydrogen-bond acceptors (Lipinski definition) is 4. The van der Waals surface area contributed by atoms with Crippen LogP contribution in [0, 0.1) is 0 Å². The van der Waals surface area contributed by atoms with Crippen LogP contribution in [-0.2, 0) is 11.3 Å². The van der Waals surface area contributed by atoms with E-state index in [1.54, 1.807) is 0 Å². The van der Waals surface area contributed by atoms with Crippen LogP contribution in [0.2, 0.25) is 5.02 Å². The van der Waals surface area contributed by atoms with Gasteiger partial charge in [0.1, 0.15) is 18.0 Å². The molecule has 0 saturated carbocycles. The van der Waals surface area contributed by atoms with Gasteiger partial charge in [-0.3, -0.25) is 4.79 Å². The fourth-order valence-corrected chi connectivity index (χ4v) is 1.97. The first kappa shape index (κ1) is 16.7. The van der Waals surface area contributed by atoms with Gasteiger partial charge in [0.25, 0.3) is 0 Å². The Morgan fingerprint density at radius 1 is 1.39 bits per heavy atom. The molecule has 2 aromatic rings. The highest BCUT2D eigenvalue weighted by Gasteiger charge is 2.14. The number of halogens is 3. The van der Waals surface area contributed by atoms with Gasteiger partial charge >= 0.3 is 12.6 Å². The maximum atomic E-state index is 12.1. The van der Waals surface area contributed by atoms with Gasteiger partial charge in [-0.25, -0.2) is 9.48 Å². The lowest BCUT2D eigenvalue weighted by Gasteiger charge is -2.10. The number of anilines is 1. The molecule has 0 radical (unpaired) electrons. The van der Waals surface area contributed by atoms with Crippen LogP contribution >= 0.6 is 11.6 Å². The van der Waals surface area contributed by atoms with Gasteiger partial charge < -0.3 is 15.2 Å². The first-order valence-electron chi connectivity index (χ1n) is 6.16. The Morgan fingerprint density at radius 3 is 2.74 bits per heavy atom. The van der Waals surface area contributed by atoms with Crippen molar-refractivity contribution in [3.63, 3.8) is 0 Å². The van der Waals surface area contributed by atoms with E-state index in [4.69, 9.17) is 16.7 Å². The molecule has 10 heteroatoms. The van der Waals surface area contributed by atoms with Gasteiger partial charge in [0.2, 0.25) is 5.91 Å². The van der Waals surface area contributed by atoms with Gasteiger partial charge in [-0.05, 0) is 24.3 Å². The first-order valence-corrected chi connectivity index (χ1v) is 6.54. The van der Waals surface area contributed by atoms with Crippen LogP contribution in [0.1, 0.15) is 10.5 Å². The van der Waals surface area contributed by atoms with Crippen molar-refractivity contribution in [1.29, 1.82) is 0 Å².